The molecule has 1 aromatic heterocycles. The summed E-state index contributed by atoms with van der Waals surface area (Å²) in [4.78, 5) is 4.46. The minimum Gasteiger partial charge on any atom is -0.476 e. The highest BCUT2D eigenvalue weighted by atomic mass is 16.7. The van der Waals surface area contributed by atoms with Crippen LogP contribution < -0.4 is 15.9 Å². The van der Waals surface area contributed by atoms with Gasteiger partial charge in [0.15, 0.2) is 0 Å². The fraction of sp³-hybridized carbons (Fsp3) is 0.737. The molecule has 0 unspecified atom stereocenters. The van der Waals surface area contributed by atoms with Crippen LogP contribution in [0.25, 0.3) is 0 Å². The highest BCUT2D eigenvalue weighted by Gasteiger charge is 2.51. The van der Waals surface area contributed by atoms with E-state index in [4.69, 9.17) is 19.8 Å². The molecule has 2 N–H and O–H groups in total. The normalized spacial score (nSPS) is 21.4. The zero-order chi connectivity index (χ0) is 19.0. The number of pyridine rings is 1. The second-order valence-electron chi connectivity index (χ2n) is 9.02. The summed E-state index contributed by atoms with van der Waals surface area (Å²) in [5.74, 6) is 1.14. The lowest BCUT2D eigenvalue weighted by atomic mass is 9.80. The monoisotopic (exact) mass is 348 g/mol. The Balaban J connectivity index is 2.07. The van der Waals surface area contributed by atoms with Gasteiger partial charge >= 0.3 is 7.12 Å². The first-order valence-electron chi connectivity index (χ1n) is 9.07. The summed E-state index contributed by atoms with van der Waals surface area (Å²) in [6.07, 6.45) is 2.67. The third-order valence-corrected chi connectivity index (χ3v) is 4.99. The van der Waals surface area contributed by atoms with Crippen molar-refractivity contribution in [1.82, 2.24) is 4.98 Å². The number of nitrogens with two attached hydrogens (primary N) is 1. The standard InChI is InChI=1S/C19H33BN2O3/c1-13(2)10-19(8,21)12-23-16-14(3)9-15(11-22-16)20-24-17(4,5)18(6,7)25-20/h9,11,13H,10,12,21H2,1-8H3/t19-/m0/s1. The zero-order valence-electron chi connectivity index (χ0n) is 17.0. The van der Waals surface area contributed by atoms with E-state index in [9.17, 15) is 0 Å². The van der Waals surface area contributed by atoms with E-state index >= 15 is 0 Å². The molecule has 1 saturated heterocycles. The quantitative estimate of drug-likeness (QED) is 0.801. The van der Waals surface area contributed by atoms with Gasteiger partial charge in [0, 0.05) is 22.8 Å². The van der Waals surface area contributed by atoms with Crippen molar-refractivity contribution in [2.45, 2.75) is 78.6 Å². The Morgan fingerprint density at radius 1 is 1.24 bits per heavy atom. The number of nitrogens with zero attached hydrogens (tertiary/aromatic N) is 1. The lowest BCUT2D eigenvalue weighted by molar-refractivity contribution is 0.00578. The molecule has 1 aliphatic rings. The second-order valence-corrected chi connectivity index (χ2v) is 9.02. The van der Waals surface area contributed by atoms with Crippen molar-refractivity contribution in [3.05, 3.63) is 17.8 Å². The predicted octanol–water partition coefficient (Wildman–Crippen LogP) is 2.83. The van der Waals surface area contributed by atoms with E-state index in [2.05, 4.69) is 18.8 Å². The van der Waals surface area contributed by atoms with Crippen LogP contribution in [0.15, 0.2) is 12.3 Å². The molecule has 0 saturated carbocycles. The van der Waals surface area contributed by atoms with Crippen LogP contribution in [0.5, 0.6) is 5.88 Å². The minimum atomic E-state index is -0.411. The van der Waals surface area contributed by atoms with E-state index in [1.165, 1.54) is 0 Å². The fourth-order valence-corrected chi connectivity index (χ4v) is 3.07. The van der Waals surface area contributed by atoms with Crippen LogP contribution in [-0.2, 0) is 9.31 Å². The van der Waals surface area contributed by atoms with Crippen LogP contribution in [0.3, 0.4) is 0 Å². The van der Waals surface area contributed by atoms with Gasteiger partial charge in [-0.3, -0.25) is 0 Å². The predicted molar refractivity (Wildman–Crippen MR) is 102 cm³/mol. The summed E-state index contributed by atoms with van der Waals surface area (Å²) in [5, 5.41) is 0. The van der Waals surface area contributed by atoms with E-state index in [0.717, 1.165) is 17.4 Å². The molecule has 1 fully saturated rings. The molecule has 1 aliphatic heterocycles. The molecule has 140 valence electrons. The first kappa shape index (κ1) is 20.2. The van der Waals surface area contributed by atoms with Crippen LogP contribution >= 0.6 is 0 Å². The summed E-state index contributed by atoms with van der Waals surface area (Å²) in [6, 6.07) is 2.01. The van der Waals surface area contributed by atoms with Gasteiger partial charge in [0.2, 0.25) is 5.88 Å². The van der Waals surface area contributed by atoms with Crippen molar-refractivity contribution in [1.29, 1.82) is 0 Å². The van der Waals surface area contributed by atoms with Crippen molar-refractivity contribution < 1.29 is 14.0 Å². The van der Waals surface area contributed by atoms with Gasteiger partial charge in [-0.15, -0.1) is 0 Å². The Bertz CT molecular complexity index is 599. The van der Waals surface area contributed by atoms with Crippen molar-refractivity contribution in [3.63, 3.8) is 0 Å². The summed E-state index contributed by atoms with van der Waals surface area (Å²) in [7, 11) is -0.411. The Hall–Kier alpha value is -1.11. The van der Waals surface area contributed by atoms with Gasteiger partial charge in [-0.25, -0.2) is 4.98 Å². The zero-order valence-corrected chi connectivity index (χ0v) is 17.0. The van der Waals surface area contributed by atoms with Crippen LogP contribution in [0, 0.1) is 12.8 Å². The van der Waals surface area contributed by atoms with Crippen molar-refractivity contribution in [2.24, 2.45) is 11.7 Å². The highest BCUT2D eigenvalue weighted by molar-refractivity contribution is 6.62. The molecule has 1 aromatic rings. The van der Waals surface area contributed by atoms with Gasteiger partial charge in [0.05, 0.1) is 11.2 Å². The average Bonchev–Trinajstić information content (AvgIpc) is 2.64. The number of aryl methyl sites for hydroxylation is 1. The van der Waals surface area contributed by atoms with E-state index in [0.29, 0.717) is 18.4 Å². The summed E-state index contributed by atoms with van der Waals surface area (Å²) in [6.45, 7) is 16.9. The highest BCUT2D eigenvalue weighted by Crippen LogP contribution is 2.36. The van der Waals surface area contributed by atoms with Gasteiger partial charge in [-0.05, 0) is 53.9 Å². The molecule has 2 rings (SSSR count). The Morgan fingerprint density at radius 3 is 2.28 bits per heavy atom. The third kappa shape index (κ3) is 4.75. The van der Waals surface area contributed by atoms with Gasteiger partial charge < -0.3 is 19.8 Å². The summed E-state index contributed by atoms with van der Waals surface area (Å²) >= 11 is 0. The van der Waals surface area contributed by atoms with Gasteiger partial charge in [-0.1, -0.05) is 19.9 Å². The van der Waals surface area contributed by atoms with Gasteiger partial charge in [0.1, 0.15) is 6.61 Å². The molecular formula is C19H33BN2O3. The smallest absolute Gasteiger partial charge is 0.476 e. The summed E-state index contributed by atoms with van der Waals surface area (Å²) < 4.78 is 18.0. The first-order chi connectivity index (χ1) is 11.3. The Labute approximate surface area is 152 Å². The van der Waals surface area contributed by atoms with Gasteiger partial charge in [0.25, 0.3) is 0 Å². The molecule has 0 aromatic carbocycles. The van der Waals surface area contributed by atoms with Crippen LogP contribution in [-0.4, -0.2) is 35.5 Å². The number of hydrogen-bond acceptors (Lipinski definition) is 5. The van der Waals surface area contributed by atoms with Crippen LogP contribution in [0.1, 0.15) is 60.5 Å². The first-order valence-corrected chi connectivity index (χ1v) is 9.07. The molecule has 2 heterocycles. The van der Waals surface area contributed by atoms with Crippen molar-refractivity contribution >= 4 is 12.6 Å². The van der Waals surface area contributed by atoms with Crippen LogP contribution in [0.4, 0.5) is 0 Å². The Morgan fingerprint density at radius 2 is 1.80 bits per heavy atom. The maximum atomic E-state index is 6.31. The molecule has 0 spiro atoms. The average molecular weight is 348 g/mol. The minimum absolute atomic E-state index is 0.362. The third-order valence-electron chi connectivity index (χ3n) is 4.99. The molecule has 1 atom stereocenters. The molecule has 6 heteroatoms. The molecule has 0 aliphatic carbocycles. The lowest BCUT2D eigenvalue weighted by Crippen LogP contribution is -2.43. The molecule has 0 radical (unpaired) electrons. The SMILES string of the molecule is Cc1cc(B2OC(C)(C)C(C)(C)O2)cnc1OC[C@@](C)(N)CC(C)C. The number of ether oxygens (including phenoxy) is 1. The maximum absolute atomic E-state index is 6.31. The van der Waals surface area contributed by atoms with Crippen molar-refractivity contribution in [2.75, 3.05) is 6.61 Å². The number of rotatable bonds is 6. The Kier molecular flexibility index (Phi) is 5.57. The van der Waals surface area contributed by atoms with E-state index in [-0.39, 0.29) is 16.7 Å². The lowest BCUT2D eigenvalue weighted by Gasteiger charge is -2.32. The fourth-order valence-electron chi connectivity index (χ4n) is 3.07. The van der Waals surface area contributed by atoms with Crippen molar-refractivity contribution in [3.8, 4) is 5.88 Å². The topological polar surface area (TPSA) is 66.6 Å². The second kappa shape index (κ2) is 6.90. The van der Waals surface area contributed by atoms with Crippen LogP contribution in [0.2, 0.25) is 0 Å². The molecule has 0 bridgehead atoms. The largest absolute Gasteiger partial charge is 0.496 e. The van der Waals surface area contributed by atoms with E-state index in [1.54, 1.807) is 6.20 Å². The summed E-state index contributed by atoms with van der Waals surface area (Å²) in [5.41, 5.74) is 7.07. The maximum Gasteiger partial charge on any atom is 0.496 e. The number of hydrogen-bond donors (Lipinski definition) is 1. The van der Waals surface area contributed by atoms with Gasteiger partial charge in [-0.2, -0.15) is 0 Å². The molecule has 25 heavy (non-hydrogen) atoms. The van der Waals surface area contributed by atoms with E-state index in [1.807, 2.05) is 47.6 Å². The molecule has 0 amide bonds. The number of aromatic nitrogens is 1. The van der Waals surface area contributed by atoms with E-state index < -0.39 is 7.12 Å². The molecule has 5 nitrogen and oxygen atoms in total. The molecular weight excluding hydrogens is 315 g/mol.